The van der Waals surface area contributed by atoms with E-state index in [-0.39, 0.29) is 23.7 Å². The lowest BCUT2D eigenvalue weighted by molar-refractivity contribution is -0.127. The second-order valence-corrected chi connectivity index (χ2v) is 10.6. The van der Waals surface area contributed by atoms with Crippen molar-refractivity contribution >= 4 is 52.1 Å². The summed E-state index contributed by atoms with van der Waals surface area (Å²) >= 11 is 9.45. The maximum Gasteiger partial charge on any atom is 0.250 e. The first-order valence-electron chi connectivity index (χ1n) is 10.2. The lowest BCUT2D eigenvalue weighted by Crippen LogP contribution is -2.52. The van der Waals surface area contributed by atoms with Crippen LogP contribution in [-0.2, 0) is 10.3 Å². The van der Waals surface area contributed by atoms with Gasteiger partial charge in [-0.2, -0.15) is 0 Å². The Morgan fingerprint density at radius 2 is 1.90 bits per heavy atom. The number of nitrogens with zero attached hydrogens (tertiary/aromatic N) is 1. The molecule has 2 saturated heterocycles. The van der Waals surface area contributed by atoms with E-state index in [0.717, 1.165) is 28.4 Å². The number of carbonyl (C=O) groups excluding carboxylic acids is 2. The van der Waals surface area contributed by atoms with Gasteiger partial charge in [0.05, 0.1) is 10.8 Å². The third-order valence-corrected chi connectivity index (χ3v) is 9.00. The second kappa shape index (κ2) is 7.20. The Hall–Kier alpha value is -2.12. The molecule has 4 atom stereocenters. The van der Waals surface area contributed by atoms with Crippen LogP contribution < -0.4 is 5.32 Å². The summed E-state index contributed by atoms with van der Waals surface area (Å²) in [5.41, 5.74) is 1.78. The lowest BCUT2D eigenvalue weighted by Gasteiger charge is -2.36. The molecule has 3 aliphatic rings. The molecule has 0 unspecified atom stereocenters. The summed E-state index contributed by atoms with van der Waals surface area (Å²) in [4.78, 5) is 30.8. The molecule has 0 bridgehead atoms. The summed E-state index contributed by atoms with van der Waals surface area (Å²) in [6.07, 6.45) is 0. The normalized spacial score (nSPS) is 29.2. The van der Waals surface area contributed by atoms with Gasteiger partial charge in [-0.05, 0) is 35.2 Å². The highest BCUT2D eigenvalue weighted by Crippen LogP contribution is 2.61. The third kappa shape index (κ3) is 2.65. The Bertz CT molecular complexity index is 1180. The summed E-state index contributed by atoms with van der Waals surface area (Å²) < 4.78 is 0. The van der Waals surface area contributed by atoms with Gasteiger partial charge in [0.1, 0.15) is 5.54 Å². The molecule has 3 aliphatic heterocycles. The summed E-state index contributed by atoms with van der Waals surface area (Å²) in [6, 6.07) is 19.5. The highest BCUT2D eigenvalue weighted by Gasteiger charge is 2.69. The van der Waals surface area contributed by atoms with Crippen LogP contribution in [0.25, 0.3) is 0 Å². The van der Waals surface area contributed by atoms with Crippen molar-refractivity contribution in [1.29, 1.82) is 0 Å². The van der Waals surface area contributed by atoms with E-state index >= 15 is 0 Å². The SMILES string of the molecule is O=C(c1cccs1)[C@@H]1[C@H](c2ccc(Cl)cc2)[C@H]2CSCN2[C@]12C(=O)Nc1ccccc12. The first kappa shape index (κ1) is 19.6. The number of thiophene rings is 1. The number of rotatable bonds is 3. The molecular weight excluding hydrogens is 448 g/mol. The molecule has 1 amide bonds. The summed E-state index contributed by atoms with van der Waals surface area (Å²) in [6.45, 7) is 0. The van der Waals surface area contributed by atoms with Crippen LogP contribution in [-0.4, -0.2) is 34.3 Å². The quantitative estimate of drug-likeness (QED) is 0.537. The number of benzene rings is 2. The average molecular weight is 467 g/mol. The molecular formula is C24H19ClN2O2S2. The van der Waals surface area contributed by atoms with Crippen LogP contribution in [0.1, 0.15) is 26.7 Å². The maximum absolute atomic E-state index is 14.1. The highest BCUT2D eigenvalue weighted by molar-refractivity contribution is 7.99. The van der Waals surface area contributed by atoms with Crippen molar-refractivity contribution in [3.63, 3.8) is 0 Å². The van der Waals surface area contributed by atoms with Crippen LogP contribution in [0.3, 0.4) is 0 Å². The number of fused-ring (bicyclic) bond motifs is 4. The average Bonchev–Trinajstić information content (AvgIpc) is 3.54. The fraction of sp³-hybridized carbons (Fsp3) is 0.250. The van der Waals surface area contributed by atoms with Crippen LogP contribution in [0.15, 0.2) is 66.0 Å². The van der Waals surface area contributed by atoms with Gasteiger partial charge in [-0.15, -0.1) is 23.1 Å². The van der Waals surface area contributed by atoms with Gasteiger partial charge in [-0.1, -0.05) is 48.0 Å². The monoisotopic (exact) mass is 466 g/mol. The predicted molar refractivity (Wildman–Crippen MR) is 126 cm³/mol. The minimum atomic E-state index is -1.00. The van der Waals surface area contributed by atoms with Crippen molar-refractivity contribution in [3.8, 4) is 0 Å². The van der Waals surface area contributed by atoms with Gasteiger partial charge in [-0.3, -0.25) is 14.5 Å². The third-order valence-electron chi connectivity index (χ3n) is 6.83. The molecule has 156 valence electrons. The number of hydrogen-bond acceptors (Lipinski definition) is 5. The molecule has 4 heterocycles. The molecule has 1 N–H and O–H groups in total. The Kier molecular flexibility index (Phi) is 4.54. The zero-order valence-electron chi connectivity index (χ0n) is 16.5. The van der Waals surface area contributed by atoms with E-state index in [2.05, 4.69) is 10.2 Å². The molecule has 0 saturated carbocycles. The van der Waals surface area contributed by atoms with Crippen LogP contribution >= 0.6 is 34.7 Å². The number of ketones is 1. The minimum absolute atomic E-state index is 0.0428. The number of carbonyl (C=O) groups is 2. The van der Waals surface area contributed by atoms with Crippen LogP contribution in [0, 0.1) is 5.92 Å². The van der Waals surface area contributed by atoms with E-state index in [1.165, 1.54) is 11.3 Å². The van der Waals surface area contributed by atoms with Crippen molar-refractivity contribution in [2.75, 3.05) is 16.9 Å². The molecule has 1 spiro atoms. The lowest BCUT2D eigenvalue weighted by atomic mass is 9.70. The summed E-state index contributed by atoms with van der Waals surface area (Å²) in [5, 5.41) is 5.68. The zero-order chi connectivity index (χ0) is 21.2. The number of halogens is 1. The van der Waals surface area contributed by atoms with Crippen LogP contribution in [0.2, 0.25) is 5.02 Å². The number of nitrogens with one attached hydrogen (secondary N) is 1. The Morgan fingerprint density at radius 1 is 1.10 bits per heavy atom. The molecule has 2 aromatic carbocycles. The van der Waals surface area contributed by atoms with Gasteiger partial charge in [0.25, 0.3) is 0 Å². The summed E-state index contributed by atoms with van der Waals surface area (Å²) in [7, 11) is 0. The number of hydrogen-bond donors (Lipinski definition) is 1. The summed E-state index contributed by atoms with van der Waals surface area (Å²) in [5.74, 6) is 0.957. The minimum Gasteiger partial charge on any atom is -0.324 e. The Morgan fingerprint density at radius 3 is 2.68 bits per heavy atom. The molecule has 0 radical (unpaired) electrons. The second-order valence-electron chi connectivity index (χ2n) is 8.20. The van der Waals surface area contributed by atoms with E-state index in [9.17, 15) is 9.59 Å². The van der Waals surface area contributed by atoms with Gasteiger partial charge in [0, 0.05) is 39.9 Å². The van der Waals surface area contributed by atoms with E-state index in [1.807, 2.05) is 77.8 Å². The topological polar surface area (TPSA) is 49.4 Å². The predicted octanol–water partition coefficient (Wildman–Crippen LogP) is 5.22. The number of para-hydroxylation sites is 1. The van der Waals surface area contributed by atoms with Crippen molar-refractivity contribution in [2.24, 2.45) is 5.92 Å². The molecule has 6 rings (SSSR count). The molecule has 2 fully saturated rings. The van der Waals surface area contributed by atoms with E-state index in [1.54, 1.807) is 0 Å². The first-order valence-corrected chi connectivity index (χ1v) is 12.6. The van der Waals surface area contributed by atoms with Crippen LogP contribution in [0.4, 0.5) is 5.69 Å². The number of amides is 1. The zero-order valence-corrected chi connectivity index (χ0v) is 18.8. The van der Waals surface area contributed by atoms with Crippen molar-refractivity contribution < 1.29 is 9.59 Å². The van der Waals surface area contributed by atoms with Gasteiger partial charge in [0.2, 0.25) is 5.91 Å². The fourth-order valence-electron chi connectivity index (χ4n) is 5.66. The van der Waals surface area contributed by atoms with Gasteiger partial charge < -0.3 is 5.32 Å². The molecule has 0 aliphatic carbocycles. The molecule has 7 heteroatoms. The fourth-order valence-corrected chi connectivity index (χ4v) is 7.82. The molecule has 31 heavy (non-hydrogen) atoms. The number of anilines is 1. The van der Waals surface area contributed by atoms with Crippen molar-refractivity contribution in [1.82, 2.24) is 4.90 Å². The van der Waals surface area contributed by atoms with Gasteiger partial charge in [0.15, 0.2) is 5.78 Å². The van der Waals surface area contributed by atoms with Gasteiger partial charge in [-0.25, -0.2) is 0 Å². The van der Waals surface area contributed by atoms with E-state index < -0.39 is 11.5 Å². The van der Waals surface area contributed by atoms with Crippen molar-refractivity contribution in [3.05, 3.63) is 87.1 Å². The van der Waals surface area contributed by atoms with Gasteiger partial charge >= 0.3 is 0 Å². The van der Waals surface area contributed by atoms with E-state index in [4.69, 9.17) is 11.6 Å². The van der Waals surface area contributed by atoms with E-state index in [0.29, 0.717) is 9.90 Å². The van der Waals surface area contributed by atoms with Crippen molar-refractivity contribution in [2.45, 2.75) is 17.5 Å². The smallest absolute Gasteiger partial charge is 0.250 e. The largest absolute Gasteiger partial charge is 0.324 e. The highest BCUT2D eigenvalue weighted by atomic mass is 35.5. The Balaban J connectivity index is 1.62. The standard InChI is InChI=1S/C24H19ClN2O2S2/c25-15-9-7-14(8-10-15)20-18-12-30-13-27(18)24(21(20)22(28)19-6-3-11-31-19)16-4-1-2-5-17(16)26-23(24)29/h1-11,18,20-21H,12-13H2,(H,26,29)/t18-,20-,21+,24+/m1/s1. The number of Topliss-reactive ketones (excluding diaryl/α,β-unsaturated/α-hetero) is 1. The Labute approximate surface area is 193 Å². The first-order chi connectivity index (χ1) is 15.1. The molecule has 1 aromatic heterocycles. The number of thioether (sulfide) groups is 1. The molecule has 3 aromatic rings. The van der Waals surface area contributed by atoms with Crippen LogP contribution in [0.5, 0.6) is 0 Å². The maximum atomic E-state index is 14.1. The molecule has 4 nitrogen and oxygen atoms in total.